The van der Waals surface area contributed by atoms with Gasteiger partial charge >= 0.3 is 0 Å². The fourth-order valence-corrected chi connectivity index (χ4v) is 2.82. The van der Waals surface area contributed by atoms with Crippen molar-refractivity contribution in [1.29, 1.82) is 0 Å². The number of hydrogen-bond acceptors (Lipinski definition) is 5. The Morgan fingerprint density at radius 3 is 2.25 bits per heavy atom. The molecule has 0 unspecified atom stereocenters. The van der Waals surface area contributed by atoms with Gasteiger partial charge in [-0.3, -0.25) is 19.7 Å². The third-order valence-electron chi connectivity index (χ3n) is 4.19. The average molecular weight is 449 g/mol. The van der Waals surface area contributed by atoms with E-state index in [4.69, 9.17) is 11.6 Å². The second-order valence-electron chi connectivity index (χ2n) is 6.46. The van der Waals surface area contributed by atoms with Crippen LogP contribution in [-0.2, 0) is 4.79 Å². The minimum atomic E-state index is -0.669. The summed E-state index contributed by atoms with van der Waals surface area (Å²) < 4.78 is 0. The second-order valence-corrected chi connectivity index (χ2v) is 6.86. The number of rotatable bonds is 7. The fraction of sp³-hybridized carbons (Fsp3) is 0. The Bertz CT molecular complexity index is 1200. The number of amides is 2. The van der Waals surface area contributed by atoms with Crippen molar-refractivity contribution >= 4 is 41.4 Å². The number of benzene rings is 3. The molecule has 0 aliphatic carbocycles. The van der Waals surface area contributed by atoms with Gasteiger partial charge < -0.3 is 5.32 Å². The molecule has 0 saturated carbocycles. The highest BCUT2D eigenvalue weighted by atomic mass is 35.5. The number of nitrogens with zero attached hydrogens (tertiary/aromatic N) is 2. The van der Waals surface area contributed by atoms with E-state index in [9.17, 15) is 19.7 Å². The van der Waals surface area contributed by atoms with Crippen LogP contribution in [0.1, 0.15) is 21.5 Å². The summed E-state index contributed by atoms with van der Waals surface area (Å²) in [6.45, 7) is 0. The zero-order valence-electron chi connectivity index (χ0n) is 16.6. The topological polar surface area (TPSA) is 114 Å². The summed E-state index contributed by atoms with van der Waals surface area (Å²) in [5.74, 6) is -1.13. The van der Waals surface area contributed by atoms with Crippen LogP contribution in [0.25, 0.3) is 6.08 Å². The number of carbonyl (C=O) groups is 2. The number of nitro benzene ring substituents is 1. The van der Waals surface area contributed by atoms with Gasteiger partial charge in [0.25, 0.3) is 17.5 Å². The fourth-order valence-electron chi connectivity index (χ4n) is 2.63. The second kappa shape index (κ2) is 10.6. The Balaban J connectivity index is 1.79. The molecule has 8 nitrogen and oxygen atoms in total. The number of halogens is 1. The molecule has 9 heteroatoms. The van der Waals surface area contributed by atoms with Crippen LogP contribution < -0.4 is 10.7 Å². The molecule has 3 rings (SSSR count). The van der Waals surface area contributed by atoms with Crippen LogP contribution in [0.2, 0.25) is 5.02 Å². The summed E-state index contributed by atoms with van der Waals surface area (Å²) in [6.07, 6.45) is 2.75. The van der Waals surface area contributed by atoms with E-state index in [-0.39, 0.29) is 16.4 Å². The van der Waals surface area contributed by atoms with Crippen LogP contribution >= 0.6 is 11.6 Å². The molecule has 0 fully saturated rings. The zero-order chi connectivity index (χ0) is 22.9. The highest BCUT2D eigenvalue weighted by Crippen LogP contribution is 2.24. The van der Waals surface area contributed by atoms with E-state index in [0.717, 1.165) is 0 Å². The molecule has 160 valence electrons. The monoisotopic (exact) mass is 448 g/mol. The Kier molecular flexibility index (Phi) is 7.45. The van der Waals surface area contributed by atoms with E-state index in [1.54, 1.807) is 54.6 Å². The number of nitrogens with one attached hydrogen (secondary N) is 2. The van der Waals surface area contributed by atoms with Gasteiger partial charge in [0.05, 0.1) is 11.1 Å². The van der Waals surface area contributed by atoms with Crippen LogP contribution in [0.5, 0.6) is 0 Å². The molecule has 0 spiro atoms. The van der Waals surface area contributed by atoms with E-state index in [2.05, 4.69) is 15.8 Å². The van der Waals surface area contributed by atoms with Gasteiger partial charge in [0.1, 0.15) is 10.7 Å². The van der Waals surface area contributed by atoms with Gasteiger partial charge in [0.2, 0.25) is 0 Å². The van der Waals surface area contributed by atoms with Crippen molar-refractivity contribution in [1.82, 2.24) is 10.7 Å². The lowest BCUT2D eigenvalue weighted by atomic mass is 10.1. The van der Waals surface area contributed by atoms with Gasteiger partial charge in [-0.1, -0.05) is 66.2 Å². The lowest BCUT2D eigenvalue weighted by Gasteiger charge is -2.09. The molecule has 3 aromatic rings. The van der Waals surface area contributed by atoms with Crippen molar-refractivity contribution in [2.24, 2.45) is 5.10 Å². The lowest BCUT2D eigenvalue weighted by Crippen LogP contribution is -2.32. The Morgan fingerprint density at radius 2 is 1.59 bits per heavy atom. The quantitative estimate of drug-likeness (QED) is 0.244. The first-order chi connectivity index (χ1) is 15.4. The smallest absolute Gasteiger partial charge is 0.288 e. The summed E-state index contributed by atoms with van der Waals surface area (Å²) in [4.78, 5) is 35.6. The van der Waals surface area contributed by atoms with E-state index < -0.39 is 16.7 Å². The predicted molar refractivity (Wildman–Crippen MR) is 122 cm³/mol. The number of hydrogen-bond donors (Lipinski definition) is 2. The van der Waals surface area contributed by atoms with Crippen LogP contribution in [0.3, 0.4) is 0 Å². The average Bonchev–Trinajstić information content (AvgIpc) is 2.80. The van der Waals surface area contributed by atoms with Crippen LogP contribution in [-0.4, -0.2) is 23.0 Å². The minimum absolute atomic E-state index is 0.00658. The standard InChI is InChI=1S/C23H17ClN4O4/c24-19-12-11-17(14-21(19)28(31)32)15-25-27-23(30)20(13-16-7-3-1-4-8-16)26-22(29)18-9-5-2-6-10-18/h1-15H,(H,26,29)(H,27,30). The first-order valence-electron chi connectivity index (χ1n) is 9.34. The minimum Gasteiger partial charge on any atom is -0.317 e. The van der Waals surface area contributed by atoms with Crippen LogP contribution in [0.15, 0.2) is 89.7 Å². The number of hydrazone groups is 1. The number of carbonyl (C=O) groups excluding carboxylic acids is 2. The molecule has 0 saturated heterocycles. The van der Waals surface area contributed by atoms with Gasteiger partial charge in [-0.2, -0.15) is 5.10 Å². The lowest BCUT2D eigenvalue weighted by molar-refractivity contribution is -0.384. The van der Waals surface area contributed by atoms with Crippen LogP contribution in [0, 0.1) is 10.1 Å². The molecule has 0 aliphatic rings. The van der Waals surface area contributed by atoms with Crippen molar-refractivity contribution in [3.63, 3.8) is 0 Å². The highest BCUT2D eigenvalue weighted by Gasteiger charge is 2.15. The van der Waals surface area contributed by atoms with Crippen molar-refractivity contribution in [2.45, 2.75) is 0 Å². The van der Waals surface area contributed by atoms with E-state index in [1.807, 2.05) is 6.07 Å². The Hall–Kier alpha value is -4.30. The number of nitro groups is 1. The summed E-state index contributed by atoms with van der Waals surface area (Å²) >= 11 is 5.79. The van der Waals surface area contributed by atoms with E-state index >= 15 is 0 Å². The summed E-state index contributed by atoms with van der Waals surface area (Å²) in [6, 6.07) is 21.5. The van der Waals surface area contributed by atoms with Crippen molar-refractivity contribution in [3.8, 4) is 0 Å². The van der Waals surface area contributed by atoms with Crippen molar-refractivity contribution in [2.75, 3.05) is 0 Å². The van der Waals surface area contributed by atoms with Crippen LogP contribution in [0.4, 0.5) is 5.69 Å². The highest BCUT2D eigenvalue weighted by molar-refractivity contribution is 6.32. The largest absolute Gasteiger partial charge is 0.317 e. The summed E-state index contributed by atoms with van der Waals surface area (Å²) in [5, 5.41) is 17.4. The third kappa shape index (κ3) is 6.10. The SMILES string of the molecule is O=C(NN=Cc1ccc(Cl)c([N+](=O)[O-])c1)C(=Cc1ccccc1)NC(=O)c1ccccc1. The van der Waals surface area contributed by atoms with E-state index in [0.29, 0.717) is 16.7 Å². The third-order valence-corrected chi connectivity index (χ3v) is 4.51. The molecule has 2 N–H and O–H groups in total. The molecule has 3 aromatic carbocycles. The molecule has 2 amide bonds. The molecule has 32 heavy (non-hydrogen) atoms. The van der Waals surface area contributed by atoms with Gasteiger partial charge in [-0.05, 0) is 29.8 Å². The molecule has 0 heterocycles. The molecule has 0 aliphatic heterocycles. The van der Waals surface area contributed by atoms with Gasteiger partial charge in [0, 0.05) is 17.2 Å². The molecular formula is C23H17ClN4O4. The normalized spacial score (nSPS) is 11.2. The summed E-state index contributed by atoms with van der Waals surface area (Å²) in [7, 11) is 0. The zero-order valence-corrected chi connectivity index (χ0v) is 17.3. The first kappa shape index (κ1) is 22.4. The molecule has 0 bridgehead atoms. The molecule has 0 atom stereocenters. The maximum atomic E-state index is 12.7. The first-order valence-corrected chi connectivity index (χ1v) is 9.72. The van der Waals surface area contributed by atoms with Crippen molar-refractivity contribution in [3.05, 3.63) is 116 Å². The van der Waals surface area contributed by atoms with Gasteiger partial charge in [-0.25, -0.2) is 5.43 Å². The van der Waals surface area contributed by atoms with Crippen molar-refractivity contribution < 1.29 is 14.5 Å². The van der Waals surface area contributed by atoms with E-state index in [1.165, 1.54) is 30.5 Å². The summed E-state index contributed by atoms with van der Waals surface area (Å²) in [5.41, 5.74) is 3.46. The Morgan fingerprint density at radius 1 is 0.938 bits per heavy atom. The maximum absolute atomic E-state index is 12.7. The van der Waals surface area contributed by atoms with Gasteiger partial charge in [0.15, 0.2) is 0 Å². The maximum Gasteiger partial charge on any atom is 0.288 e. The van der Waals surface area contributed by atoms with Gasteiger partial charge in [-0.15, -0.1) is 0 Å². The Labute approximate surface area is 188 Å². The predicted octanol–water partition coefficient (Wildman–Crippen LogP) is 4.17. The molecule has 0 aromatic heterocycles. The molecular weight excluding hydrogens is 432 g/mol. The molecule has 0 radical (unpaired) electrons.